The molecule has 0 unspecified atom stereocenters. The highest BCUT2D eigenvalue weighted by atomic mass is 79.9. The van der Waals surface area contributed by atoms with Gasteiger partial charge >= 0.3 is 0 Å². The normalized spacial score (nSPS) is 11.1. The van der Waals surface area contributed by atoms with Crippen molar-refractivity contribution < 1.29 is 9.47 Å². The molecule has 5 heteroatoms. The largest absolute Gasteiger partial charge is 0.489 e. The lowest BCUT2D eigenvalue weighted by molar-refractivity contribution is 0.0815. The fourth-order valence-electron chi connectivity index (χ4n) is 1.58. The van der Waals surface area contributed by atoms with Crippen LogP contribution in [0.15, 0.2) is 21.1 Å². The Labute approximate surface area is 132 Å². The van der Waals surface area contributed by atoms with Crippen molar-refractivity contribution in [3.8, 4) is 5.75 Å². The monoisotopic (exact) mass is 393 g/mol. The molecular weight excluding hydrogens is 374 g/mol. The van der Waals surface area contributed by atoms with Gasteiger partial charge in [-0.1, -0.05) is 13.8 Å². The Morgan fingerprint density at radius 1 is 1.16 bits per heavy atom. The lowest BCUT2D eigenvalue weighted by atomic mass is 10.2. The molecule has 0 aliphatic rings. The smallest absolute Gasteiger partial charge is 0.147 e. The zero-order valence-corrected chi connectivity index (χ0v) is 14.8. The number of hydrogen-bond donors (Lipinski definition) is 1. The first-order valence-corrected chi connectivity index (χ1v) is 7.96. The highest BCUT2D eigenvalue weighted by molar-refractivity contribution is 9.11. The van der Waals surface area contributed by atoms with Gasteiger partial charge in [0.1, 0.15) is 12.4 Å². The van der Waals surface area contributed by atoms with Crippen LogP contribution in [0.3, 0.4) is 0 Å². The summed E-state index contributed by atoms with van der Waals surface area (Å²) in [5.74, 6) is 1.38. The van der Waals surface area contributed by atoms with E-state index in [9.17, 15) is 0 Å². The summed E-state index contributed by atoms with van der Waals surface area (Å²) in [5, 5.41) is 3.13. The predicted octanol–water partition coefficient (Wildman–Crippen LogP) is 3.98. The van der Waals surface area contributed by atoms with E-state index in [0.717, 1.165) is 27.8 Å². The molecule has 0 spiro atoms. The maximum Gasteiger partial charge on any atom is 0.147 e. The van der Waals surface area contributed by atoms with E-state index >= 15 is 0 Å². The Morgan fingerprint density at radius 3 is 2.32 bits per heavy atom. The van der Waals surface area contributed by atoms with E-state index < -0.39 is 0 Å². The molecule has 19 heavy (non-hydrogen) atoms. The van der Waals surface area contributed by atoms with Crippen LogP contribution >= 0.6 is 31.9 Å². The Morgan fingerprint density at radius 2 is 1.79 bits per heavy atom. The summed E-state index contributed by atoms with van der Waals surface area (Å²) in [6, 6.07) is 4.12. The van der Waals surface area contributed by atoms with Gasteiger partial charge in [-0.05, 0) is 62.5 Å². The molecule has 3 nitrogen and oxygen atoms in total. The van der Waals surface area contributed by atoms with E-state index in [2.05, 4.69) is 63.2 Å². The number of nitrogens with one attached hydrogen (secondary N) is 1. The first-order chi connectivity index (χ1) is 9.04. The summed E-state index contributed by atoms with van der Waals surface area (Å²) in [6.45, 7) is 7.02. The third kappa shape index (κ3) is 6.25. The molecule has 0 atom stereocenters. The standard InChI is InChI=1S/C14H21Br2NO2/c1-10(2)9-18-4-5-19-14-12(15)6-11(8-17-3)7-13(14)16/h6-7,10,17H,4-5,8-9H2,1-3H3. The zero-order chi connectivity index (χ0) is 14.3. The maximum absolute atomic E-state index is 5.74. The summed E-state index contributed by atoms with van der Waals surface area (Å²) in [5.41, 5.74) is 1.20. The number of hydrogen-bond acceptors (Lipinski definition) is 3. The van der Waals surface area contributed by atoms with Crippen LogP contribution in [0.2, 0.25) is 0 Å². The van der Waals surface area contributed by atoms with E-state index in [4.69, 9.17) is 9.47 Å². The summed E-state index contributed by atoms with van der Waals surface area (Å²) in [6.07, 6.45) is 0. The molecule has 0 radical (unpaired) electrons. The lowest BCUT2D eigenvalue weighted by Gasteiger charge is -2.13. The molecule has 0 saturated carbocycles. The fourth-order valence-corrected chi connectivity index (χ4v) is 3.09. The van der Waals surface area contributed by atoms with Gasteiger partial charge in [0, 0.05) is 13.2 Å². The van der Waals surface area contributed by atoms with E-state index in [1.807, 2.05) is 7.05 Å². The second kappa shape index (κ2) is 8.95. The van der Waals surface area contributed by atoms with Gasteiger partial charge in [0.05, 0.1) is 15.6 Å². The Kier molecular flexibility index (Phi) is 7.99. The summed E-state index contributed by atoms with van der Waals surface area (Å²) in [4.78, 5) is 0. The molecule has 0 aliphatic heterocycles. The van der Waals surface area contributed by atoms with Crippen LogP contribution in [-0.4, -0.2) is 26.9 Å². The first-order valence-electron chi connectivity index (χ1n) is 6.37. The molecule has 1 N–H and O–H groups in total. The topological polar surface area (TPSA) is 30.5 Å². The van der Waals surface area contributed by atoms with Gasteiger partial charge in [0.25, 0.3) is 0 Å². The molecule has 1 aromatic rings. The summed E-state index contributed by atoms with van der Waals surface area (Å²) >= 11 is 7.07. The summed E-state index contributed by atoms with van der Waals surface area (Å²) < 4.78 is 13.1. The second-order valence-electron chi connectivity index (χ2n) is 4.74. The van der Waals surface area contributed by atoms with Crippen molar-refractivity contribution in [1.82, 2.24) is 5.32 Å². The van der Waals surface area contributed by atoms with Gasteiger partial charge in [0.15, 0.2) is 0 Å². The van der Waals surface area contributed by atoms with E-state index in [1.165, 1.54) is 5.56 Å². The molecule has 108 valence electrons. The molecule has 0 saturated heterocycles. The maximum atomic E-state index is 5.74. The van der Waals surface area contributed by atoms with Crippen LogP contribution in [0.5, 0.6) is 5.75 Å². The molecule has 1 rings (SSSR count). The minimum absolute atomic E-state index is 0.551. The Bertz CT molecular complexity index is 374. The minimum Gasteiger partial charge on any atom is -0.489 e. The Hall–Kier alpha value is -0.100. The SMILES string of the molecule is CNCc1cc(Br)c(OCCOCC(C)C)c(Br)c1. The van der Waals surface area contributed by atoms with Gasteiger partial charge in [-0.2, -0.15) is 0 Å². The average molecular weight is 395 g/mol. The average Bonchev–Trinajstić information content (AvgIpc) is 2.31. The zero-order valence-electron chi connectivity index (χ0n) is 11.6. The van der Waals surface area contributed by atoms with Crippen molar-refractivity contribution in [2.75, 3.05) is 26.9 Å². The van der Waals surface area contributed by atoms with Crippen LogP contribution < -0.4 is 10.1 Å². The quantitative estimate of drug-likeness (QED) is 0.676. The van der Waals surface area contributed by atoms with Gasteiger partial charge in [-0.3, -0.25) is 0 Å². The molecule has 0 heterocycles. The highest BCUT2D eigenvalue weighted by Crippen LogP contribution is 2.34. The summed E-state index contributed by atoms with van der Waals surface area (Å²) in [7, 11) is 1.93. The third-order valence-electron chi connectivity index (χ3n) is 2.36. The van der Waals surface area contributed by atoms with E-state index in [-0.39, 0.29) is 0 Å². The fraction of sp³-hybridized carbons (Fsp3) is 0.571. The van der Waals surface area contributed by atoms with Gasteiger partial charge in [-0.15, -0.1) is 0 Å². The molecule has 0 aromatic heterocycles. The molecule has 0 amide bonds. The molecule has 0 bridgehead atoms. The van der Waals surface area contributed by atoms with Crippen molar-refractivity contribution in [1.29, 1.82) is 0 Å². The predicted molar refractivity (Wildman–Crippen MR) is 85.8 cm³/mol. The lowest BCUT2D eigenvalue weighted by Crippen LogP contribution is -2.11. The van der Waals surface area contributed by atoms with Crippen LogP contribution in [-0.2, 0) is 11.3 Å². The van der Waals surface area contributed by atoms with Crippen molar-refractivity contribution in [3.05, 3.63) is 26.6 Å². The van der Waals surface area contributed by atoms with Gasteiger partial charge in [0.2, 0.25) is 0 Å². The first kappa shape index (κ1) is 17.0. The molecular formula is C14H21Br2NO2. The van der Waals surface area contributed by atoms with Crippen molar-refractivity contribution in [2.24, 2.45) is 5.92 Å². The van der Waals surface area contributed by atoms with Crippen LogP contribution in [0.25, 0.3) is 0 Å². The van der Waals surface area contributed by atoms with Gasteiger partial charge in [-0.25, -0.2) is 0 Å². The highest BCUT2D eigenvalue weighted by Gasteiger charge is 2.08. The van der Waals surface area contributed by atoms with Crippen LogP contribution in [0.1, 0.15) is 19.4 Å². The Balaban J connectivity index is 2.49. The number of ether oxygens (including phenoxy) is 2. The molecule has 0 aliphatic carbocycles. The second-order valence-corrected chi connectivity index (χ2v) is 6.44. The molecule has 1 aromatic carbocycles. The number of benzene rings is 1. The number of rotatable bonds is 8. The van der Waals surface area contributed by atoms with Crippen molar-refractivity contribution in [2.45, 2.75) is 20.4 Å². The number of halogens is 2. The van der Waals surface area contributed by atoms with Gasteiger partial charge < -0.3 is 14.8 Å². The van der Waals surface area contributed by atoms with Crippen molar-refractivity contribution in [3.63, 3.8) is 0 Å². The minimum atomic E-state index is 0.551. The van der Waals surface area contributed by atoms with Crippen LogP contribution in [0, 0.1) is 5.92 Å². The third-order valence-corrected chi connectivity index (χ3v) is 3.54. The van der Waals surface area contributed by atoms with E-state index in [0.29, 0.717) is 19.1 Å². The van der Waals surface area contributed by atoms with Crippen molar-refractivity contribution >= 4 is 31.9 Å². The van der Waals surface area contributed by atoms with Crippen LogP contribution in [0.4, 0.5) is 0 Å². The van der Waals surface area contributed by atoms with E-state index in [1.54, 1.807) is 0 Å². The molecule has 0 fully saturated rings.